The van der Waals surface area contributed by atoms with Crippen LogP contribution in [0.3, 0.4) is 0 Å². The molecular formula is C17H24NO7P2-3. The third-order valence-electron chi connectivity index (χ3n) is 3.49. The second-order valence-electron chi connectivity index (χ2n) is 6.13. The summed E-state index contributed by atoms with van der Waals surface area (Å²) in [5.41, 5.74) is 4.27. The lowest BCUT2D eigenvalue weighted by atomic mass is 10.1. The van der Waals surface area contributed by atoms with Crippen LogP contribution in [-0.2, 0) is 18.0 Å². The maximum absolute atomic E-state index is 11.1. The van der Waals surface area contributed by atoms with E-state index in [2.05, 4.69) is 26.3 Å². The summed E-state index contributed by atoms with van der Waals surface area (Å²) < 4.78 is 29.1. The van der Waals surface area contributed by atoms with Gasteiger partial charge in [-0.25, -0.2) is 0 Å². The largest absolute Gasteiger partial charge is 0.790 e. The predicted molar refractivity (Wildman–Crippen MR) is 98.7 cm³/mol. The Kier molecular flexibility index (Phi) is 9.63. The molecule has 1 rings (SSSR count). The minimum Gasteiger partial charge on any atom is -0.790 e. The van der Waals surface area contributed by atoms with E-state index >= 15 is 0 Å². The van der Waals surface area contributed by atoms with Crippen LogP contribution in [0.1, 0.15) is 32.3 Å². The Bertz CT molecular complexity index is 770. The smallest absolute Gasteiger partial charge is 0.272 e. The topological polar surface area (TPSA) is 134 Å². The zero-order valence-electron chi connectivity index (χ0n) is 15.5. The number of aryl methyl sites for hydroxylation is 1. The maximum atomic E-state index is 11.1. The number of nitrogens with one attached hydrogen (secondary N) is 1. The molecule has 27 heavy (non-hydrogen) atoms. The second kappa shape index (κ2) is 10.9. The lowest BCUT2D eigenvalue weighted by molar-refractivity contribution is -0.339. The zero-order chi connectivity index (χ0) is 20.5. The third kappa shape index (κ3) is 12.0. The van der Waals surface area contributed by atoms with E-state index in [9.17, 15) is 23.8 Å². The normalized spacial score (nSPS) is 15.5. The van der Waals surface area contributed by atoms with Crippen molar-refractivity contribution < 1.29 is 32.6 Å². The van der Waals surface area contributed by atoms with Gasteiger partial charge in [0.05, 0.1) is 14.4 Å². The number of hydrogen-bond acceptors (Lipinski definition) is 8. The Labute approximate surface area is 159 Å². The molecule has 0 fully saturated rings. The van der Waals surface area contributed by atoms with E-state index in [4.69, 9.17) is 0 Å². The summed E-state index contributed by atoms with van der Waals surface area (Å²) in [5.74, 6) is 0. The molecule has 1 aromatic rings. The summed E-state index contributed by atoms with van der Waals surface area (Å²) in [7, 11) is -10.8. The van der Waals surface area contributed by atoms with E-state index in [1.807, 2.05) is 32.0 Å². The van der Waals surface area contributed by atoms with Gasteiger partial charge in [-0.05, 0) is 51.3 Å². The summed E-state index contributed by atoms with van der Waals surface area (Å²) in [4.78, 5) is 31.7. The number of anilines is 1. The van der Waals surface area contributed by atoms with Gasteiger partial charge in [-0.3, -0.25) is 8.88 Å². The van der Waals surface area contributed by atoms with E-state index in [1.165, 1.54) is 17.2 Å². The molecule has 0 amide bonds. The van der Waals surface area contributed by atoms with Crippen molar-refractivity contribution in [3.63, 3.8) is 0 Å². The zero-order valence-corrected chi connectivity index (χ0v) is 17.3. The van der Waals surface area contributed by atoms with Crippen LogP contribution in [0, 0.1) is 6.92 Å². The highest BCUT2D eigenvalue weighted by Crippen LogP contribution is 2.50. The minimum absolute atomic E-state index is 0.399. The van der Waals surface area contributed by atoms with Crippen molar-refractivity contribution in [2.24, 2.45) is 0 Å². The first-order valence-electron chi connectivity index (χ1n) is 8.28. The molecule has 0 spiro atoms. The Morgan fingerprint density at radius 1 is 1.15 bits per heavy atom. The predicted octanol–water partition coefficient (Wildman–Crippen LogP) is 2.41. The number of rotatable bonds is 11. The Morgan fingerprint density at radius 3 is 2.48 bits per heavy atom. The fraction of sp³-hybridized carbons (Fsp3) is 0.412. The molecule has 1 unspecified atom stereocenters. The van der Waals surface area contributed by atoms with Crippen molar-refractivity contribution in [1.29, 1.82) is 0 Å². The van der Waals surface area contributed by atoms with Gasteiger partial charge in [0.2, 0.25) is 0 Å². The van der Waals surface area contributed by atoms with Gasteiger partial charge in [0.1, 0.15) is 0 Å². The SMILES string of the molecule is C/C(=C\COP(=O)([O-])OP(=O)([O-])[O-])CC/C=C(\C)CNc1cccc(C)c1. The standard InChI is InChI=1S/C17H27NO7P2/c1-14(10-11-24-27(22,23)25-26(19,20)21)6-4-8-16(3)13-18-17-9-5-7-15(2)12-17/h5,7-10,12,18H,4,6,11,13H2,1-3H3,(H,22,23)(H2,19,20,21)/p-3/b14-10+,16-8+. The van der Waals surface area contributed by atoms with Gasteiger partial charge in [-0.1, -0.05) is 35.4 Å². The second-order valence-corrected chi connectivity index (χ2v) is 8.83. The fourth-order valence-electron chi connectivity index (χ4n) is 2.13. The Morgan fingerprint density at radius 2 is 1.85 bits per heavy atom. The van der Waals surface area contributed by atoms with E-state index < -0.39 is 22.3 Å². The number of phosphoric acid groups is 2. The van der Waals surface area contributed by atoms with Crippen molar-refractivity contribution in [3.8, 4) is 0 Å². The molecule has 0 saturated heterocycles. The molecule has 1 N–H and O–H groups in total. The highest BCUT2D eigenvalue weighted by Gasteiger charge is 2.10. The maximum Gasteiger partial charge on any atom is 0.272 e. The number of benzene rings is 1. The molecule has 0 heterocycles. The van der Waals surface area contributed by atoms with Crippen LogP contribution in [0.15, 0.2) is 47.6 Å². The average molecular weight is 416 g/mol. The molecule has 8 nitrogen and oxygen atoms in total. The van der Waals surface area contributed by atoms with Gasteiger partial charge in [-0.2, -0.15) is 0 Å². The summed E-state index contributed by atoms with van der Waals surface area (Å²) in [6, 6.07) is 8.09. The summed E-state index contributed by atoms with van der Waals surface area (Å²) >= 11 is 0. The fourth-order valence-corrected chi connectivity index (χ4v) is 3.56. The van der Waals surface area contributed by atoms with Gasteiger partial charge >= 0.3 is 0 Å². The molecule has 0 aliphatic rings. The molecule has 0 aliphatic heterocycles. The van der Waals surface area contributed by atoms with Crippen LogP contribution in [0.25, 0.3) is 0 Å². The number of allylic oxidation sites excluding steroid dienone is 2. The van der Waals surface area contributed by atoms with E-state index in [0.717, 1.165) is 24.2 Å². The first kappa shape index (κ1) is 23.8. The first-order valence-corrected chi connectivity index (χ1v) is 11.2. The van der Waals surface area contributed by atoms with Gasteiger partial charge in [0.15, 0.2) is 0 Å². The van der Waals surface area contributed by atoms with Crippen molar-refractivity contribution in [1.82, 2.24) is 0 Å². The van der Waals surface area contributed by atoms with Gasteiger partial charge in [-0.15, -0.1) is 0 Å². The lowest BCUT2D eigenvalue weighted by Gasteiger charge is -2.34. The molecule has 0 radical (unpaired) electrons. The van der Waals surface area contributed by atoms with Gasteiger partial charge in [0, 0.05) is 12.2 Å². The highest BCUT2D eigenvalue weighted by atomic mass is 31.3. The van der Waals surface area contributed by atoms with E-state index in [1.54, 1.807) is 6.92 Å². The van der Waals surface area contributed by atoms with Crippen molar-refractivity contribution in [3.05, 3.63) is 53.1 Å². The molecule has 0 bridgehead atoms. The van der Waals surface area contributed by atoms with Crippen LogP contribution >= 0.6 is 15.6 Å². The van der Waals surface area contributed by atoms with Gasteiger partial charge in [0.25, 0.3) is 7.82 Å². The monoisotopic (exact) mass is 416 g/mol. The van der Waals surface area contributed by atoms with Crippen molar-refractivity contribution in [2.75, 3.05) is 18.5 Å². The summed E-state index contributed by atoms with van der Waals surface area (Å²) in [6.45, 7) is 6.16. The van der Waals surface area contributed by atoms with Gasteiger partial charge < -0.3 is 29.1 Å². The summed E-state index contributed by atoms with van der Waals surface area (Å²) in [6.07, 6.45) is 5.00. The molecule has 152 valence electrons. The van der Waals surface area contributed by atoms with Crippen molar-refractivity contribution >= 4 is 21.3 Å². The molecule has 0 aliphatic carbocycles. The van der Waals surface area contributed by atoms with E-state index in [-0.39, 0.29) is 0 Å². The van der Waals surface area contributed by atoms with Crippen LogP contribution in [0.2, 0.25) is 0 Å². The molecule has 0 aromatic heterocycles. The molecule has 1 atom stereocenters. The van der Waals surface area contributed by atoms with Crippen LogP contribution in [0.5, 0.6) is 0 Å². The molecular weight excluding hydrogens is 392 g/mol. The summed E-state index contributed by atoms with van der Waals surface area (Å²) in [5, 5.41) is 3.34. The molecule has 1 aromatic carbocycles. The van der Waals surface area contributed by atoms with Crippen LogP contribution in [0.4, 0.5) is 5.69 Å². The third-order valence-corrected chi connectivity index (χ3v) is 5.55. The van der Waals surface area contributed by atoms with Crippen molar-refractivity contribution in [2.45, 2.75) is 33.6 Å². The Balaban J connectivity index is 2.34. The molecule has 0 saturated carbocycles. The van der Waals surface area contributed by atoms with E-state index in [0.29, 0.717) is 6.42 Å². The lowest BCUT2D eigenvalue weighted by Crippen LogP contribution is -2.19. The van der Waals surface area contributed by atoms with Crippen LogP contribution < -0.4 is 20.0 Å². The average Bonchev–Trinajstić information content (AvgIpc) is 2.50. The highest BCUT2D eigenvalue weighted by molar-refractivity contribution is 7.58. The van der Waals surface area contributed by atoms with Crippen LogP contribution in [-0.4, -0.2) is 13.2 Å². The molecule has 10 heteroatoms. The number of phosphoric ester groups is 1. The quantitative estimate of drug-likeness (QED) is 0.429. The first-order chi connectivity index (χ1) is 12.5. The number of hydrogen-bond donors (Lipinski definition) is 1. The minimum atomic E-state index is -5.65. The Hall–Kier alpha value is -1.24.